The van der Waals surface area contributed by atoms with E-state index in [0.717, 1.165) is 45.3 Å². The van der Waals surface area contributed by atoms with Gasteiger partial charge in [0.25, 0.3) is 0 Å². The second-order valence-corrected chi connectivity index (χ2v) is 26.0. The Bertz CT molecular complexity index is 4710. The summed E-state index contributed by atoms with van der Waals surface area (Å²) < 4.78 is 0. The molecule has 15 rings (SSSR count). The van der Waals surface area contributed by atoms with Crippen molar-refractivity contribution < 1.29 is 0 Å². The summed E-state index contributed by atoms with van der Waals surface area (Å²) in [4.78, 5) is 8.31. The Hall–Kier alpha value is -11.3. The van der Waals surface area contributed by atoms with Crippen molar-refractivity contribution in [1.29, 1.82) is 5.26 Å². The fraction of sp³-hybridized carbons (Fsp3) is 0.103. The lowest BCUT2D eigenvalue weighted by Gasteiger charge is -2.28. The van der Waals surface area contributed by atoms with Crippen molar-refractivity contribution in [3.8, 4) is 61.7 Å². The lowest BCUT2D eigenvalue weighted by atomic mass is 9.81. The normalized spacial score (nSPS) is 14.0. The lowest BCUT2D eigenvalue weighted by molar-refractivity contribution is 0.660. The first-order chi connectivity index (χ1) is 44.2. The highest BCUT2D eigenvalue weighted by atomic mass is 15.1. The number of hydrogen-bond acceptors (Lipinski definition) is 3. The molecule has 12 aromatic carbocycles. The summed E-state index contributed by atoms with van der Waals surface area (Å²) >= 11 is 0. The van der Waals surface area contributed by atoms with E-state index < -0.39 is 0 Å². The average molecular weight is 1170 g/mol. The van der Waals surface area contributed by atoms with Gasteiger partial charge in [-0.05, 0) is 196 Å². The molecule has 0 saturated heterocycles. The average Bonchev–Trinajstić information content (AvgIpc) is 1.89. The van der Waals surface area contributed by atoms with Gasteiger partial charge >= 0.3 is 0 Å². The van der Waals surface area contributed by atoms with E-state index in [1.54, 1.807) is 0 Å². The number of hydrogen-bond donors (Lipinski definition) is 0. The molecule has 0 aliphatic heterocycles. The maximum Gasteiger partial charge on any atom is 0.187 e. The fourth-order valence-corrected chi connectivity index (χ4v) is 14.5. The van der Waals surface area contributed by atoms with E-state index in [4.69, 9.17) is 6.57 Å². The van der Waals surface area contributed by atoms with E-state index in [2.05, 4.69) is 317 Å². The first-order valence-electron chi connectivity index (χ1n) is 31.4. The topological polar surface area (TPSA) is 34.6 Å². The molecular formula is C87H66N4. The molecule has 0 heterocycles. The van der Waals surface area contributed by atoms with Crippen molar-refractivity contribution >= 4 is 64.1 Å². The van der Waals surface area contributed by atoms with Crippen LogP contribution in [-0.2, 0) is 16.2 Å². The lowest BCUT2D eigenvalue weighted by Crippen LogP contribution is -2.16. The Balaban J connectivity index is 0.664. The minimum atomic E-state index is -0.252. The van der Waals surface area contributed by atoms with Crippen LogP contribution in [0.15, 0.2) is 267 Å². The molecule has 0 N–H and O–H groups in total. The molecule has 0 atom stereocenters. The number of benzene rings is 12. The summed E-state index contributed by atoms with van der Waals surface area (Å²) in [6.45, 7) is 21.8. The van der Waals surface area contributed by atoms with E-state index in [0.29, 0.717) is 11.3 Å². The number of nitrogens with zero attached hydrogens (tertiary/aromatic N) is 4. The summed E-state index contributed by atoms with van der Waals surface area (Å²) in [6.07, 6.45) is 9.09. The van der Waals surface area contributed by atoms with Crippen molar-refractivity contribution in [3.63, 3.8) is 0 Å². The largest absolute Gasteiger partial charge is 0.311 e. The molecule has 4 nitrogen and oxygen atoms in total. The minimum absolute atomic E-state index is 0.190. The van der Waals surface area contributed by atoms with Crippen molar-refractivity contribution in [2.75, 3.05) is 9.80 Å². The van der Waals surface area contributed by atoms with Gasteiger partial charge < -0.3 is 9.80 Å². The van der Waals surface area contributed by atoms with Crippen molar-refractivity contribution in [3.05, 3.63) is 340 Å². The van der Waals surface area contributed by atoms with Crippen LogP contribution in [0.4, 0.5) is 39.8 Å². The first kappa shape index (κ1) is 56.2. The molecule has 4 heteroatoms. The summed E-state index contributed by atoms with van der Waals surface area (Å²) in [5.74, 6) is 0. The Labute approximate surface area is 535 Å². The van der Waals surface area contributed by atoms with Crippen LogP contribution in [0, 0.1) is 17.9 Å². The van der Waals surface area contributed by atoms with Crippen LogP contribution in [0.3, 0.4) is 0 Å². The van der Waals surface area contributed by atoms with Gasteiger partial charge in [0.1, 0.15) is 0 Å². The molecule has 0 bridgehead atoms. The highest BCUT2D eigenvalue weighted by molar-refractivity contribution is 5.91. The van der Waals surface area contributed by atoms with Gasteiger partial charge in [-0.1, -0.05) is 248 Å². The maximum absolute atomic E-state index is 9.69. The van der Waals surface area contributed by atoms with Crippen LogP contribution >= 0.6 is 0 Å². The Morgan fingerprint density at radius 2 is 0.604 bits per heavy atom. The van der Waals surface area contributed by atoms with Crippen molar-refractivity contribution in [1.82, 2.24) is 0 Å². The van der Waals surface area contributed by atoms with Gasteiger partial charge in [-0.15, -0.1) is 0 Å². The van der Waals surface area contributed by atoms with Crippen molar-refractivity contribution in [2.24, 2.45) is 0 Å². The van der Waals surface area contributed by atoms with Crippen LogP contribution in [0.25, 0.3) is 84.8 Å². The molecule has 0 radical (unpaired) electrons. The van der Waals surface area contributed by atoms with Gasteiger partial charge in [0.15, 0.2) is 5.69 Å². The zero-order valence-electron chi connectivity index (χ0n) is 52.0. The molecular weight excluding hydrogens is 1100 g/mol. The van der Waals surface area contributed by atoms with Crippen LogP contribution in [0.1, 0.15) is 103 Å². The Morgan fingerprint density at radius 3 is 0.945 bits per heavy atom. The van der Waals surface area contributed by atoms with E-state index in [-0.39, 0.29) is 16.2 Å². The van der Waals surface area contributed by atoms with E-state index in [9.17, 15) is 5.26 Å². The van der Waals surface area contributed by atoms with Gasteiger partial charge in [0.05, 0.1) is 18.2 Å². The standard InChI is InChI=1S/C87H66N4/c1-85(2)79-48-57(24-26-59-32-44-75-77-46-40-71(54-83(77)86(3,4)81(75)50-59)90(67-36-28-61(56-88)29-37-67)69-22-14-20-64(52-69)62-16-10-8-11-17-62)30-42-73(79)74-43-31-58(49-80(74)85)25-27-60-33-45-76-78-47-41-72(55-84(78)87(5,6)82(76)51-60)91(68-38-34-66(89-7)35-39-68)70-23-15-21-65(53-70)63-18-12-9-13-19-63/h8-55H,1-6H3/b26-24+,27-25+. The quantitative estimate of drug-likeness (QED) is 0.0903. The smallest absolute Gasteiger partial charge is 0.187 e. The molecule has 3 aliphatic rings. The van der Waals surface area contributed by atoms with Gasteiger partial charge in [0.2, 0.25) is 0 Å². The van der Waals surface area contributed by atoms with E-state index in [1.165, 1.54) is 100 Å². The second kappa shape index (κ2) is 22.1. The molecule has 0 unspecified atom stereocenters. The summed E-state index contributed by atoms with van der Waals surface area (Å²) in [5, 5.41) is 9.69. The predicted octanol–water partition coefficient (Wildman–Crippen LogP) is 23.6. The molecule has 0 saturated carbocycles. The van der Waals surface area contributed by atoms with Crippen molar-refractivity contribution in [2.45, 2.75) is 57.8 Å². The number of anilines is 6. The van der Waals surface area contributed by atoms with Gasteiger partial charge in [0, 0.05) is 50.4 Å². The number of rotatable bonds is 12. The molecule has 12 aromatic rings. The first-order valence-corrected chi connectivity index (χ1v) is 31.4. The monoisotopic (exact) mass is 1170 g/mol. The minimum Gasteiger partial charge on any atom is -0.311 e. The molecule has 0 amide bonds. The molecule has 0 fully saturated rings. The van der Waals surface area contributed by atoms with Crippen LogP contribution < -0.4 is 9.80 Å². The maximum atomic E-state index is 9.69. The molecule has 91 heavy (non-hydrogen) atoms. The van der Waals surface area contributed by atoms with E-state index in [1.807, 2.05) is 36.4 Å². The highest BCUT2D eigenvalue weighted by Gasteiger charge is 2.39. The molecule has 0 aromatic heterocycles. The van der Waals surface area contributed by atoms with Crippen LogP contribution in [0.5, 0.6) is 0 Å². The summed E-state index contributed by atoms with van der Waals surface area (Å²) in [6, 6.07) is 98.3. The van der Waals surface area contributed by atoms with Gasteiger partial charge in [-0.3, -0.25) is 0 Å². The van der Waals surface area contributed by atoms with Crippen LogP contribution in [0.2, 0.25) is 0 Å². The molecule has 0 spiro atoms. The molecule has 434 valence electrons. The Morgan fingerprint density at radius 1 is 0.308 bits per heavy atom. The van der Waals surface area contributed by atoms with E-state index >= 15 is 0 Å². The predicted molar refractivity (Wildman–Crippen MR) is 381 cm³/mol. The number of fused-ring (bicyclic) bond motifs is 9. The SMILES string of the molecule is [C-]#[N+]c1ccc(N(c2cccc(-c3ccccc3)c2)c2ccc3c(c2)C(C)(C)c2cc(/C=C/c4ccc5c(c4)C(C)(C)c4cc(/C=C/c6ccc7c(c6)C(C)(C)c6cc(N(c8ccc(C#N)cc8)c8cccc(-c9ccccc9)c8)ccc6-7)ccc4-5)ccc2-3)cc1. The third kappa shape index (κ3) is 9.86. The Kier molecular flexibility index (Phi) is 13.6. The fourth-order valence-electron chi connectivity index (χ4n) is 14.5. The third-order valence-electron chi connectivity index (χ3n) is 19.5. The number of nitriles is 1. The molecule has 3 aliphatic carbocycles. The zero-order valence-corrected chi connectivity index (χ0v) is 52.0. The third-order valence-corrected chi connectivity index (χ3v) is 19.5. The summed E-state index contributed by atoms with van der Waals surface area (Å²) in [7, 11) is 0. The van der Waals surface area contributed by atoms with Crippen LogP contribution in [-0.4, -0.2) is 0 Å². The zero-order chi connectivity index (χ0) is 62.2. The van der Waals surface area contributed by atoms with Gasteiger partial charge in [-0.2, -0.15) is 5.26 Å². The summed E-state index contributed by atoms with van der Waals surface area (Å²) in [5.41, 5.74) is 31.8. The van der Waals surface area contributed by atoms with Gasteiger partial charge in [-0.25, -0.2) is 4.85 Å². The second-order valence-electron chi connectivity index (χ2n) is 26.0. The highest BCUT2D eigenvalue weighted by Crippen LogP contribution is 2.54.